The van der Waals surface area contributed by atoms with E-state index in [0.29, 0.717) is 13.1 Å². The summed E-state index contributed by atoms with van der Waals surface area (Å²) in [4.78, 5) is 2.34. The van der Waals surface area contributed by atoms with Gasteiger partial charge in [0, 0.05) is 25.2 Å². The zero-order valence-electron chi connectivity index (χ0n) is 12.4. The molecule has 1 N–H and O–H groups in total. The molecule has 0 saturated carbocycles. The van der Waals surface area contributed by atoms with Crippen molar-refractivity contribution < 1.29 is 17.9 Å². The second-order valence-electron chi connectivity index (χ2n) is 5.99. The maximum atomic E-state index is 13.0. The highest BCUT2D eigenvalue weighted by Crippen LogP contribution is 2.30. The van der Waals surface area contributed by atoms with Crippen molar-refractivity contribution in [3.05, 3.63) is 30.1 Å². The van der Waals surface area contributed by atoms with E-state index in [9.17, 15) is 17.9 Å². The molecule has 0 aromatic heterocycles. The number of fused-ring (bicyclic) bond motifs is 1. The molecule has 1 aromatic rings. The van der Waals surface area contributed by atoms with Crippen molar-refractivity contribution in [3.8, 4) is 0 Å². The molecule has 0 radical (unpaired) electrons. The highest BCUT2D eigenvalue weighted by Gasteiger charge is 2.41. The van der Waals surface area contributed by atoms with Crippen molar-refractivity contribution in [2.75, 3.05) is 26.2 Å². The Bertz CT molecular complexity index is 620. The maximum absolute atomic E-state index is 13.0. The number of rotatable bonds is 3. The Morgan fingerprint density at radius 2 is 1.86 bits per heavy atom. The zero-order valence-corrected chi connectivity index (χ0v) is 13.2. The average molecular weight is 328 g/mol. The van der Waals surface area contributed by atoms with Gasteiger partial charge in [0.05, 0.1) is 11.5 Å². The van der Waals surface area contributed by atoms with Gasteiger partial charge in [-0.2, -0.15) is 4.31 Å². The van der Waals surface area contributed by atoms with Crippen molar-refractivity contribution in [2.45, 2.75) is 36.2 Å². The van der Waals surface area contributed by atoms with Gasteiger partial charge < -0.3 is 5.11 Å². The molecule has 0 amide bonds. The minimum atomic E-state index is -3.59. The van der Waals surface area contributed by atoms with E-state index in [0.717, 1.165) is 25.8 Å². The van der Waals surface area contributed by atoms with Crippen LogP contribution in [0.3, 0.4) is 0 Å². The number of aliphatic hydroxyl groups excluding tert-OH is 1. The van der Waals surface area contributed by atoms with Crippen LogP contribution in [0.4, 0.5) is 4.39 Å². The highest BCUT2D eigenvalue weighted by molar-refractivity contribution is 7.89. The van der Waals surface area contributed by atoms with Crippen LogP contribution in [0.1, 0.15) is 19.3 Å². The molecule has 7 heteroatoms. The van der Waals surface area contributed by atoms with Gasteiger partial charge in [0.15, 0.2) is 0 Å². The molecule has 2 aliphatic heterocycles. The Morgan fingerprint density at radius 1 is 1.18 bits per heavy atom. The maximum Gasteiger partial charge on any atom is 0.243 e. The van der Waals surface area contributed by atoms with E-state index >= 15 is 0 Å². The van der Waals surface area contributed by atoms with Gasteiger partial charge in [-0.3, -0.25) is 4.90 Å². The van der Waals surface area contributed by atoms with Crippen LogP contribution in [0, 0.1) is 5.82 Å². The van der Waals surface area contributed by atoms with Crippen molar-refractivity contribution in [1.29, 1.82) is 0 Å². The van der Waals surface area contributed by atoms with Gasteiger partial charge in [-0.25, -0.2) is 12.8 Å². The molecule has 122 valence electrons. The number of nitrogens with zero attached hydrogens (tertiary/aromatic N) is 2. The van der Waals surface area contributed by atoms with Crippen LogP contribution in [0.15, 0.2) is 29.2 Å². The summed E-state index contributed by atoms with van der Waals surface area (Å²) >= 11 is 0. The van der Waals surface area contributed by atoms with Gasteiger partial charge in [-0.15, -0.1) is 0 Å². The molecule has 0 spiro atoms. The normalized spacial score (nSPS) is 27.5. The van der Waals surface area contributed by atoms with Crippen LogP contribution in [-0.4, -0.2) is 61.1 Å². The summed E-state index contributed by atoms with van der Waals surface area (Å²) in [6.45, 7) is 1.98. The minimum Gasteiger partial charge on any atom is -0.395 e. The largest absolute Gasteiger partial charge is 0.395 e. The lowest BCUT2D eigenvalue weighted by Gasteiger charge is -2.50. The second-order valence-corrected chi connectivity index (χ2v) is 7.93. The van der Waals surface area contributed by atoms with Gasteiger partial charge in [0.25, 0.3) is 0 Å². The molecule has 1 aromatic carbocycles. The molecular formula is C15H21FN2O3S. The topological polar surface area (TPSA) is 60.9 Å². The molecular weight excluding hydrogens is 307 g/mol. The molecule has 0 aliphatic carbocycles. The van der Waals surface area contributed by atoms with E-state index in [2.05, 4.69) is 4.90 Å². The van der Waals surface area contributed by atoms with E-state index in [1.165, 1.54) is 28.6 Å². The predicted octanol–water partition coefficient (Wildman–Crippen LogP) is 1.05. The van der Waals surface area contributed by atoms with Gasteiger partial charge in [-0.1, -0.05) is 0 Å². The van der Waals surface area contributed by atoms with E-state index in [4.69, 9.17) is 0 Å². The molecule has 5 nitrogen and oxygen atoms in total. The number of sulfonamides is 1. The van der Waals surface area contributed by atoms with Crippen LogP contribution in [0.2, 0.25) is 0 Å². The van der Waals surface area contributed by atoms with E-state index in [-0.39, 0.29) is 23.6 Å². The summed E-state index contributed by atoms with van der Waals surface area (Å²) in [6.07, 6.45) is 2.54. The first kappa shape index (κ1) is 15.9. The summed E-state index contributed by atoms with van der Waals surface area (Å²) < 4.78 is 40.0. The fourth-order valence-corrected chi connectivity index (χ4v) is 4.87. The Hall–Kier alpha value is -1.02. The SMILES string of the molecule is O=S(=O)(c1ccc(F)cc1)N1CCCCN2[C@H](CO)C[C@@H]2C1. The standard InChI is InChI=1S/C15H21FN2O3S/c16-12-3-5-15(6-4-12)22(20,21)17-7-1-2-8-18-13(10-17)9-14(18)11-19/h3-6,13-14,19H,1-2,7-11H2/t13-,14+/m1/s1. The fraction of sp³-hybridized carbons (Fsp3) is 0.600. The summed E-state index contributed by atoms with van der Waals surface area (Å²) in [7, 11) is -3.59. The van der Waals surface area contributed by atoms with Crippen molar-refractivity contribution >= 4 is 10.0 Å². The Kier molecular flexibility index (Phi) is 4.49. The number of halogens is 1. The third-order valence-electron chi connectivity index (χ3n) is 4.63. The fourth-order valence-electron chi connectivity index (χ4n) is 3.35. The summed E-state index contributed by atoms with van der Waals surface area (Å²) in [5.74, 6) is -0.442. The summed E-state index contributed by atoms with van der Waals surface area (Å²) in [5.41, 5.74) is 0. The van der Waals surface area contributed by atoms with Crippen LogP contribution >= 0.6 is 0 Å². The Labute approximate surface area is 130 Å². The van der Waals surface area contributed by atoms with Gasteiger partial charge in [-0.05, 0) is 50.1 Å². The minimum absolute atomic E-state index is 0.126. The molecule has 22 heavy (non-hydrogen) atoms. The number of hydrogen-bond acceptors (Lipinski definition) is 4. The first-order valence-corrected chi connectivity index (χ1v) is 9.08. The van der Waals surface area contributed by atoms with E-state index in [1.807, 2.05) is 0 Å². The number of aliphatic hydroxyl groups is 1. The Morgan fingerprint density at radius 3 is 2.55 bits per heavy atom. The third-order valence-corrected chi connectivity index (χ3v) is 6.51. The van der Waals surface area contributed by atoms with E-state index in [1.54, 1.807) is 0 Å². The number of hydrogen-bond donors (Lipinski definition) is 1. The Balaban J connectivity index is 1.79. The van der Waals surface area contributed by atoms with Crippen molar-refractivity contribution in [1.82, 2.24) is 9.21 Å². The molecule has 2 aliphatic rings. The molecule has 2 heterocycles. The van der Waals surface area contributed by atoms with Gasteiger partial charge in [0.2, 0.25) is 10.0 Å². The molecule has 2 fully saturated rings. The number of benzene rings is 1. The second kappa shape index (κ2) is 6.23. The predicted molar refractivity (Wildman–Crippen MR) is 80.4 cm³/mol. The molecule has 0 bridgehead atoms. The van der Waals surface area contributed by atoms with Crippen LogP contribution < -0.4 is 0 Å². The lowest BCUT2D eigenvalue weighted by atomic mass is 9.92. The van der Waals surface area contributed by atoms with Crippen LogP contribution in [-0.2, 0) is 10.0 Å². The monoisotopic (exact) mass is 328 g/mol. The van der Waals surface area contributed by atoms with Crippen LogP contribution in [0.25, 0.3) is 0 Å². The van der Waals surface area contributed by atoms with Crippen LogP contribution in [0.5, 0.6) is 0 Å². The summed E-state index contributed by atoms with van der Waals surface area (Å²) in [5, 5.41) is 9.31. The molecule has 2 atom stereocenters. The molecule has 2 saturated heterocycles. The smallest absolute Gasteiger partial charge is 0.243 e. The van der Waals surface area contributed by atoms with Gasteiger partial charge >= 0.3 is 0 Å². The zero-order chi connectivity index (χ0) is 15.7. The van der Waals surface area contributed by atoms with E-state index < -0.39 is 15.8 Å². The summed E-state index contributed by atoms with van der Waals surface area (Å²) in [6, 6.07) is 5.32. The average Bonchev–Trinajstić information content (AvgIpc) is 2.46. The lowest BCUT2D eigenvalue weighted by molar-refractivity contribution is -0.0306. The molecule has 0 unspecified atom stereocenters. The third kappa shape index (κ3) is 2.90. The lowest BCUT2D eigenvalue weighted by Crippen LogP contribution is -2.62. The molecule has 3 rings (SSSR count). The quantitative estimate of drug-likeness (QED) is 0.901. The first-order chi connectivity index (χ1) is 10.5. The highest BCUT2D eigenvalue weighted by atomic mass is 32.2. The first-order valence-electron chi connectivity index (χ1n) is 7.64. The van der Waals surface area contributed by atoms with Crippen molar-refractivity contribution in [3.63, 3.8) is 0 Å². The van der Waals surface area contributed by atoms with Gasteiger partial charge in [0.1, 0.15) is 5.82 Å². The van der Waals surface area contributed by atoms with Crippen molar-refractivity contribution in [2.24, 2.45) is 0 Å².